The number of carbonyl (C=O) groups excluding carboxylic acids is 1. The summed E-state index contributed by atoms with van der Waals surface area (Å²) in [6.45, 7) is 1.15. The predicted octanol–water partition coefficient (Wildman–Crippen LogP) is 2.53. The lowest BCUT2D eigenvalue weighted by atomic mass is 10.2. The number of hydrogen-bond donors (Lipinski definition) is 2. The topological polar surface area (TPSA) is 100.0 Å². The molecule has 0 radical (unpaired) electrons. The number of aromatic nitrogens is 4. The van der Waals surface area contributed by atoms with Crippen molar-refractivity contribution in [1.82, 2.24) is 19.6 Å². The summed E-state index contributed by atoms with van der Waals surface area (Å²) in [4.78, 5) is 11.4. The third-order valence-electron chi connectivity index (χ3n) is 3.50. The molecule has 0 saturated carbocycles. The minimum absolute atomic E-state index is 0.286. The van der Waals surface area contributed by atoms with Crippen LogP contribution in [0.4, 0.5) is 10.6 Å². The highest BCUT2D eigenvalue weighted by molar-refractivity contribution is 6.36. The molecule has 8 nitrogen and oxygen atoms in total. The van der Waals surface area contributed by atoms with Gasteiger partial charge in [0, 0.05) is 18.9 Å². The summed E-state index contributed by atoms with van der Waals surface area (Å²) in [5, 5.41) is 11.6. The molecule has 0 saturated heterocycles. The molecule has 0 bridgehead atoms. The van der Waals surface area contributed by atoms with Crippen LogP contribution in [0, 0.1) is 0 Å². The third-order valence-corrected chi connectivity index (χ3v) is 3.86. The average Bonchev–Trinajstić information content (AvgIpc) is 3.19. The van der Waals surface area contributed by atoms with Crippen molar-refractivity contribution in [3.05, 3.63) is 47.7 Å². The van der Waals surface area contributed by atoms with Crippen LogP contribution in [0.5, 0.6) is 0 Å². The number of nitrogens with two attached hydrogens (primary N) is 1. The van der Waals surface area contributed by atoms with Gasteiger partial charge in [-0.05, 0) is 12.1 Å². The highest BCUT2D eigenvalue weighted by Crippen LogP contribution is 2.35. The zero-order chi connectivity index (χ0) is 17.8. The van der Waals surface area contributed by atoms with E-state index < -0.39 is 6.03 Å². The van der Waals surface area contributed by atoms with Crippen molar-refractivity contribution in [3.8, 4) is 16.9 Å². The van der Waals surface area contributed by atoms with Crippen LogP contribution in [0.3, 0.4) is 0 Å². The molecule has 9 heteroatoms. The minimum Gasteiger partial charge on any atom is -0.383 e. The van der Waals surface area contributed by atoms with E-state index >= 15 is 0 Å². The molecule has 0 atom stereocenters. The van der Waals surface area contributed by atoms with Gasteiger partial charge in [-0.25, -0.2) is 9.48 Å². The zero-order valence-corrected chi connectivity index (χ0v) is 14.3. The molecule has 0 aliphatic carbocycles. The number of urea groups is 1. The van der Waals surface area contributed by atoms with Gasteiger partial charge in [0.25, 0.3) is 0 Å². The molecule has 0 spiro atoms. The first-order valence-electron chi connectivity index (χ1n) is 7.52. The number of nitrogens with one attached hydrogen (secondary N) is 1. The van der Waals surface area contributed by atoms with Crippen LogP contribution in [0.25, 0.3) is 16.9 Å². The molecule has 0 aliphatic rings. The van der Waals surface area contributed by atoms with E-state index in [-0.39, 0.29) is 5.02 Å². The van der Waals surface area contributed by atoms with E-state index in [0.717, 1.165) is 11.3 Å². The smallest absolute Gasteiger partial charge is 0.317 e. The number of primary amides is 1. The summed E-state index contributed by atoms with van der Waals surface area (Å²) in [5.74, 6) is 0.306. The van der Waals surface area contributed by atoms with Crippen molar-refractivity contribution >= 4 is 23.4 Å². The largest absolute Gasteiger partial charge is 0.383 e. The number of benzene rings is 1. The molecule has 0 fully saturated rings. The van der Waals surface area contributed by atoms with E-state index in [1.54, 1.807) is 18.0 Å². The Morgan fingerprint density at radius 1 is 1.36 bits per heavy atom. The molecule has 130 valence electrons. The number of hydrogen-bond acceptors (Lipinski definition) is 4. The van der Waals surface area contributed by atoms with Crippen LogP contribution < -0.4 is 11.1 Å². The van der Waals surface area contributed by atoms with E-state index in [9.17, 15) is 4.79 Å². The number of ether oxygens (including phenoxy) is 1. The van der Waals surface area contributed by atoms with Crippen LogP contribution in [-0.4, -0.2) is 39.3 Å². The van der Waals surface area contributed by atoms with Gasteiger partial charge in [-0.15, -0.1) is 0 Å². The molecule has 0 aliphatic heterocycles. The Morgan fingerprint density at radius 3 is 2.80 bits per heavy atom. The van der Waals surface area contributed by atoms with Gasteiger partial charge in [0.1, 0.15) is 10.7 Å². The highest BCUT2D eigenvalue weighted by atomic mass is 35.5. The van der Waals surface area contributed by atoms with Gasteiger partial charge < -0.3 is 10.5 Å². The summed E-state index contributed by atoms with van der Waals surface area (Å²) in [7, 11) is 1.63. The quantitative estimate of drug-likeness (QED) is 0.705. The van der Waals surface area contributed by atoms with Gasteiger partial charge in [-0.2, -0.15) is 10.2 Å². The molecule has 25 heavy (non-hydrogen) atoms. The number of para-hydroxylation sites is 1. The van der Waals surface area contributed by atoms with Crippen molar-refractivity contribution in [2.24, 2.45) is 5.73 Å². The second-order valence-corrected chi connectivity index (χ2v) is 5.61. The van der Waals surface area contributed by atoms with Crippen molar-refractivity contribution in [2.45, 2.75) is 6.54 Å². The second-order valence-electron chi connectivity index (χ2n) is 5.23. The number of nitrogens with zero attached hydrogens (tertiary/aromatic N) is 4. The first-order chi connectivity index (χ1) is 12.1. The normalized spacial score (nSPS) is 10.8. The number of anilines is 1. The van der Waals surface area contributed by atoms with Gasteiger partial charge in [0.2, 0.25) is 0 Å². The van der Waals surface area contributed by atoms with E-state index in [2.05, 4.69) is 15.5 Å². The number of carbonyl (C=O) groups is 1. The summed E-state index contributed by atoms with van der Waals surface area (Å²) in [5.41, 5.74) is 7.23. The fourth-order valence-corrected chi connectivity index (χ4v) is 2.63. The predicted molar refractivity (Wildman–Crippen MR) is 94.9 cm³/mol. The van der Waals surface area contributed by atoms with E-state index in [1.165, 1.54) is 4.68 Å². The van der Waals surface area contributed by atoms with Crippen molar-refractivity contribution in [1.29, 1.82) is 0 Å². The molecule has 3 aromatic rings. The Labute approximate surface area is 149 Å². The number of halogens is 1. The first kappa shape index (κ1) is 17.0. The van der Waals surface area contributed by atoms with E-state index in [0.29, 0.717) is 24.7 Å². The van der Waals surface area contributed by atoms with Gasteiger partial charge in [-0.3, -0.25) is 10.00 Å². The Balaban J connectivity index is 2.04. The van der Waals surface area contributed by atoms with Crippen molar-refractivity contribution in [3.63, 3.8) is 0 Å². The standard InChI is InChI=1S/C16H17ClN6O2/c1-25-8-7-22-10-11(9-19-22)14-13(17)15(20-16(18)24)23(21-14)12-5-3-2-4-6-12/h2-6,9-10H,7-8H2,1H3,(H3,18,20,24). The second kappa shape index (κ2) is 7.37. The lowest BCUT2D eigenvalue weighted by molar-refractivity contribution is 0.183. The maximum Gasteiger partial charge on any atom is 0.317 e. The van der Waals surface area contributed by atoms with E-state index in [1.807, 2.05) is 36.5 Å². The van der Waals surface area contributed by atoms with E-state index in [4.69, 9.17) is 22.1 Å². The average molecular weight is 361 g/mol. The van der Waals surface area contributed by atoms with Crippen LogP contribution in [0.1, 0.15) is 0 Å². The van der Waals surface area contributed by atoms with Crippen LogP contribution >= 0.6 is 11.6 Å². The molecule has 2 aromatic heterocycles. The number of rotatable bonds is 6. The van der Waals surface area contributed by atoms with Crippen LogP contribution in [0.15, 0.2) is 42.7 Å². The fourth-order valence-electron chi connectivity index (χ4n) is 2.36. The Morgan fingerprint density at radius 2 is 2.12 bits per heavy atom. The Hall–Kier alpha value is -2.84. The van der Waals surface area contributed by atoms with Gasteiger partial charge in [0.05, 0.1) is 25.0 Å². The van der Waals surface area contributed by atoms with Crippen molar-refractivity contribution < 1.29 is 9.53 Å². The zero-order valence-electron chi connectivity index (χ0n) is 13.5. The maximum absolute atomic E-state index is 11.4. The highest BCUT2D eigenvalue weighted by Gasteiger charge is 2.21. The van der Waals surface area contributed by atoms with Crippen LogP contribution in [-0.2, 0) is 11.3 Å². The summed E-state index contributed by atoms with van der Waals surface area (Å²) in [6, 6.07) is 8.59. The maximum atomic E-state index is 11.4. The Bertz CT molecular complexity index is 874. The Kier molecular flexibility index (Phi) is 5.01. The molecule has 3 rings (SSSR count). The number of amides is 2. The molecule has 3 N–H and O–H groups in total. The summed E-state index contributed by atoms with van der Waals surface area (Å²) < 4.78 is 8.31. The first-order valence-corrected chi connectivity index (χ1v) is 7.90. The molecule has 0 unspecified atom stereocenters. The minimum atomic E-state index is -0.721. The summed E-state index contributed by atoms with van der Waals surface area (Å²) >= 11 is 6.46. The molecular weight excluding hydrogens is 344 g/mol. The van der Waals surface area contributed by atoms with Crippen molar-refractivity contribution in [2.75, 3.05) is 19.0 Å². The fraction of sp³-hybridized carbons (Fsp3) is 0.188. The van der Waals surface area contributed by atoms with Gasteiger partial charge in [-0.1, -0.05) is 29.8 Å². The molecule has 2 amide bonds. The SMILES string of the molecule is COCCn1cc(-c2nn(-c3ccccc3)c(NC(N)=O)c2Cl)cn1. The molecule has 2 heterocycles. The lowest BCUT2D eigenvalue weighted by Crippen LogP contribution is -2.21. The van der Waals surface area contributed by atoms with Gasteiger partial charge >= 0.3 is 6.03 Å². The van der Waals surface area contributed by atoms with Gasteiger partial charge in [0.15, 0.2) is 5.82 Å². The third kappa shape index (κ3) is 3.65. The lowest BCUT2D eigenvalue weighted by Gasteiger charge is -2.07. The molecular formula is C16H17ClN6O2. The molecule has 1 aromatic carbocycles. The summed E-state index contributed by atoms with van der Waals surface area (Å²) in [6.07, 6.45) is 3.48. The monoisotopic (exact) mass is 360 g/mol. The van der Waals surface area contributed by atoms with Crippen LogP contribution in [0.2, 0.25) is 5.02 Å². The number of methoxy groups -OCH3 is 1.